The van der Waals surface area contributed by atoms with E-state index in [1.165, 1.54) is 0 Å². The fourth-order valence-electron chi connectivity index (χ4n) is 0.832. The van der Waals surface area contributed by atoms with E-state index in [0.717, 1.165) is 6.08 Å². The molecule has 0 aliphatic heterocycles. The quantitative estimate of drug-likeness (QED) is 0.394. The number of rotatable bonds is 1. The Morgan fingerprint density at radius 2 is 2.15 bits per heavy atom. The molecule has 7 heteroatoms. The van der Waals surface area contributed by atoms with Crippen LogP contribution in [-0.4, -0.2) is 10.7 Å². The highest BCUT2D eigenvalue weighted by molar-refractivity contribution is 6.36. The third-order valence-corrected chi connectivity index (χ3v) is 2.36. The van der Waals surface area contributed by atoms with Crippen LogP contribution in [0.3, 0.4) is 0 Å². The van der Waals surface area contributed by atoms with Crippen LogP contribution in [0, 0.1) is 10.1 Å². The molecule has 13 heavy (non-hydrogen) atoms. The maximum absolute atomic E-state index is 13.3. The summed E-state index contributed by atoms with van der Waals surface area (Å²) in [6, 6.07) is 0. The van der Waals surface area contributed by atoms with Gasteiger partial charge in [0.15, 0.2) is 10.9 Å². The fourth-order valence-corrected chi connectivity index (χ4v) is 1.30. The van der Waals surface area contributed by atoms with Gasteiger partial charge in [0, 0.05) is 0 Å². The van der Waals surface area contributed by atoms with Crippen LogP contribution in [0.4, 0.5) is 8.78 Å². The largest absolute Gasteiger partial charge is 0.401 e. The van der Waals surface area contributed by atoms with Crippen LogP contribution in [0.25, 0.3) is 0 Å². The molecule has 0 aromatic rings. The van der Waals surface area contributed by atoms with Gasteiger partial charge in [0.1, 0.15) is 0 Å². The van der Waals surface area contributed by atoms with E-state index in [4.69, 9.17) is 23.2 Å². The van der Waals surface area contributed by atoms with Crippen molar-refractivity contribution in [2.24, 2.45) is 0 Å². The molecule has 0 heterocycles. The van der Waals surface area contributed by atoms with E-state index >= 15 is 0 Å². The van der Waals surface area contributed by atoms with Crippen LogP contribution in [0.5, 0.6) is 0 Å². The number of hydrogen-bond acceptors (Lipinski definition) is 2. The number of alkyl halides is 1. The molecule has 1 atom stereocenters. The van der Waals surface area contributed by atoms with Crippen molar-refractivity contribution < 1.29 is 13.7 Å². The molecule has 1 aliphatic carbocycles. The Labute approximate surface area is 81.8 Å². The van der Waals surface area contributed by atoms with Crippen LogP contribution in [0.2, 0.25) is 0 Å². The van der Waals surface area contributed by atoms with Crippen LogP contribution in [0.1, 0.15) is 6.42 Å². The summed E-state index contributed by atoms with van der Waals surface area (Å²) in [7, 11) is 0. The van der Waals surface area contributed by atoms with E-state index < -0.39 is 33.0 Å². The van der Waals surface area contributed by atoms with E-state index in [1.807, 2.05) is 0 Å². The van der Waals surface area contributed by atoms with Gasteiger partial charge in [-0.05, 0) is 0 Å². The lowest BCUT2D eigenvalue weighted by molar-refractivity contribution is -0.590. The lowest BCUT2D eigenvalue weighted by atomic mass is 10.1. The molecule has 1 aliphatic rings. The van der Waals surface area contributed by atoms with Crippen LogP contribution in [0.15, 0.2) is 22.0 Å². The van der Waals surface area contributed by atoms with E-state index in [-0.39, 0.29) is 0 Å². The van der Waals surface area contributed by atoms with Crippen molar-refractivity contribution in [3.05, 3.63) is 32.1 Å². The zero-order valence-electron chi connectivity index (χ0n) is 6.06. The lowest BCUT2D eigenvalue weighted by Gasteiger charge is -2.18. The molecule has 72 valence electrons. The SMILES string of the molecule is O=[N+]([O-])C1(F)CC=C(Cl)C(F)=C1Cl. The number of nitrogens with zero attached hydrogens (tertiary/aromatic N) is 1. The van der Waals surface area contributed by atoms with Crippen LogP contribution in [-0.2, 0) is 0 Å². The molecule has 0 radical (unpaired) electrons. The molecule has 0 fully saturated rings. The number of hydrogen-bond donors (Lipinski definition) is 0. The van der Waals surface area contributed by atoms with Crippen LogP contribution >= 0.6 is 23.2 Å². The maximum Gasteiger partial charge on any atom is 0.401 e. The van der Waals surface area contributed by atoms with Gasteiger partial charge in [0.25, 0.3) is 0 Å². The van der Waals surface area contributed by atoms with Crippen LogP contribution < -0.4 is 0 Å². The maximum atomic E-state index is 13.3. The average Bonchev–Trinajstić information content (AvgIpc) is 2.08. The molecule has 1 unspecified atom stereocenters. The van der Waals surface area contributed by atoms with Crippen molar-refractivity contribution in [2.45, 2.75) is 12.2 Å². The zero-order chi connectivity index (χ0) is 10.2. The Morgan fingerprint density at radius 3 is 2.62 bits per heavy atom. The third-order valence-electron chi connectivity index (χ3n) is 1.58. The Hall–Kier alpha value is -0.680. The topological polar surface area (TPSA) is 43.1 Å². The standard InChI is InChI=1S/C6H3Cl2F2NO2/c7-3-1-2-6(10,11(12)13)5(8)4(3)9/h1H,2H2. The van der Waals surface area contributed by atoms with Crippen molar-refractivity contribution in [1.82, 2.24) is 0 Å². The first kappa shape index (κ1) is 10.4. The average molecular weight is 230 g/mol. The smallest absolute Gasteiger partial charge is 0.261 e. The molecule has 0 N–H and O–H groups in total. The Kier molecular flexibility index (Phi) is 2.58. The van der Waals surface area contributed by atoms with Crippen molar-refractivity contribution in [3.8, 4) is 0 Å². The van der Waals surface area contributed by atoms with Gasteiger partial charge in [-0.3, -0.25) is 10.1 Å². The summed E-state index contributed by atoms with van der Waals surface area (Å²) in [6.45, 7) is 0. The monoisotopic (exact) mass is 229 g/mol. The molecule has 1 rings (SSSR count). The molecular formula is C6H3Cl2F2NO2. The summed E-state index contributed by atoms with van der Waals surface area (Å²) in [5.41, 5.74) is 0. The van der Waals surface area contributed by atoms with Crippen molar-refractivity contribution in [1.29, 1.82) is 0 Å². The van der Waals surface area contributed by atoms with Crippen molar-refractivity contribution in [2.75, 3.05) is 0 Å². The molecule has 0 spiro atoms. The molecule has 0 saturated heterocycles. The van der Waals surface area contributed by atoms with Gasteiger partial charge in [-0.25, -0.2) is 4.39 Å². The summed E-state index contributed by atoms with van der Waals surface area (Å²) in [6.07, 6.45) is 0.219. The van der Waals surface area contributed by atoms with Gasteiger partial charge in [-0.2, -0.15) is 4.39 Å². The second-order valence-electron chi connectivity index (χ2n) is 2.40. The zero-order valence-corrected chi connectivity index (χ0v) is 7.57. The molecule has 3 nitrogen and oxygen atoms in total. The normalized spacial score (nSPS) is 28.8. The fraction of sp³-hybridized carbons (Fsp3) is 0.333. The van der Waals surface area contributed by atoms with E-state index in [2.05, 4.69) is 0 Å². The molecule has 0 bridgehead atoms. The minimum atomic E-state index is -3.08. The second kappa shape index (κ2) is 3.23. The van der Waals surface area contributed by atoms with Gasteiger partial charge in [0.05, 0.1) is 16.4 Å². The Balaban J connectivity index is 3.18. The van der Waals surface area contributed by atoms with Gasteiger partial charge in [0.2, 0.25) is 0 Å². The molecule has 0 aromatic heterocycles. The highest BCUT2D eigenvalue weighted by atomic mass is 35.5. The summed E-state index contributed by atoms with van der Waals surface area (Å²) < 4.78 is 26.1. The number of halogens is 4. The summed E-state index contributed by atoms with van der Waals surface area (Å²) in [4.78, 5) is 8.93. The van der Waals surface area contributed by atoms with Crippen molar-refractivity contribution in [3.63, 3.8) is 0 Å². The predicted molar refractivity (Wildman–Crippen MR) is 43.4 cm³/mol. The van der Waals surface area contributed by atoms with Gasteiger partial charge in [-0.15, -0.1) is 0 Å². The Morgan fingerprint density at radius 1 is 1.62 bits per heavy atom. The third kappa shape index (κ3) is 1.53. The number of allylic oxidation sites excluding steroid dienone is 2. The summed E-state index contributed by atoms with van der Waals surface area (Å²) in [5.74, 6) is -4.36. The molecule has 0 amide bonds. The van der Waals surface area contributed by atoms with E-state index in [1.54, 1.807) is 0 Å². The first-order valence-electron chi connectivity index (χ1n) is 3.15. The van der Waals surface area contributed by atoms with E-state index in [0.29, 0.717) is 0 Å². The summed E-state index contributed by atoms with van der Waals surface area (Å²) in [5, 5.41) is 8.70. The summed E-state index contributed by atoms with van der Waals surface area (Å²) >= 11 is 10.4. The number of nitro groups is 1. The van der Waals surface area contributed by atoms with Gasteiger partial charge < -0.3 is 0 Å². The molecular weight excluding hydrogens is 227 g/mol. The molecule has 0 aromatic carbocycles. The highest BCUT2D eigenvalue weighted by Crippen LogP contribution is 2.40. The first-order chi connectivity index (χ1) is 5.89. The van der Waals surface area contributed by atoms with E-state index in [9.17, 15) is 18.9 Å². The van der Waals surface area contributed by atoms with Gasteiger partial charge >= 0.3 is 5.79 Å². The minimum absolute atomic E-state index is 0.403. The Bertz CT molecular complexity index is 329. The highest BCUT2D eigenvalue weighted by Gasteiger charge is 2.50. The second-order valence-corrected chi connectivity index (χ2v) is 3.19. The minimum Gasteiger partial charge on any atom is -0.261 e. The van der Waals surface area contributed by atoms with Crippen molar-refractivity contribution >= 4 is 23.2 Å². The molecule has 0 saturated carbocycles. The predicted octanol–water partition coefficient (Wildman–Crippen LogP) is 2.88. The lowest BCUT2D eigenvalue weighted by Crippen LogP contribution is -2.35. The first-order valence-corrected chi connectivity index (χ1v) is 3.90. The van der Waals surface area contributed by atoms with Gasteiger partial charge in [-0.1, -0.05) is 29.3 Å².